The van der Waals surface area contributed by atoms with Crippen LogP contribution in [0.4, 0.5) is 9.59 Å². The van der Waals surface area contributed by atoms with E-state index in [0.717, 1.165) is 58.7 Å². The molecule has 1 fully saturated rings. The Hall–Kier alpha value is -4.60. The van der Waals surface area contributed by atoms with Crippen molar-refractivity contribution in [2.75, 3.05) is 13.1 Å². The van der Waals surface area contributed by atoms with Crippen molar-refractivity contribution >= 4 is 12.2 Å². The van der Waals surface area contributed by atoms with Crippen molar-refractivity contribution in [1.82, 2.24) is 29.7 Å². The highest BCUT2D eigenvalue weighted by atomic mass is 16.6. The molecule has 2 amide bonds. The Kier molecular flexibility index (Phi) is 9.55. The summed E-state index contributed by atoms with van der Waals surface area (Å²) in [6, 6.07) is 16.6. The quantitative estimate of drug-likeness (QED) is 0.203. The van der Waals surface area contributed by atoms with Gasteiger partial charge in [-0.3, -0.25) is 4.90 Å². The number of benzene rings is 2. The zero-order chi connectivity index (χ0) is 33.1. The molecule has 46 heavy (non-hydrogen) atoms. The van der Waals surface area contributed by atoms with E-state index in [-0.39, 0.29) is 18.2 Å². The zero-order valence-electron chi connectivity index (χ0n) is 28.0. The molecule has 1 atom stereocenters. The fourth-order valence-electron chi connectivity index (χ4n) is 5.53. The molecule has 3 heterocycles. The predicted molar refractivity (Wildman–Crippen MR) is 179 cm³/mol. The fraction of sp³-hybridized carbons (Fsp3) is 0.444. The van der Waals surface area contributed by atoms with Gasteiger partial charge >= 0.3 is 12.2 Å². The number of hydrogen-bond donors (Lipinski definition) is 2. The number of ether oxygens (including phenoxy) is 2. The first-order chi connectivity index (χ1) is 21.8. The lowest BCUT2D eigenvalue weighted by molar-refractivity contribution is 0.0212. The summed E-state index contributed by atoms with van der Waals surface area (Å²) in [6.07, 6.45) is 5.59. The van der Waals surface area contributed by atoms with E-state index in [9.17, 15) is 9.59 Å². The molecule has 2 N–H and O–H groups in total. The predicted octanol–water partition coefficient (Wildman–Crippen LogP) is 8.35. The number of nitrogens with zero attached hydrogens (tertiary/aromatic N) is 4. The molecule has 1 aliphatic rings. The number of amides is 2. The number of likely N-dealkylation sites (tertiary alicyclic amines) is 1. The summed E-state index contributed by atoms with van der Waals surface area (Å²) in [6.45, 7) is 14.9. The molecule has 244 valence electrons. The number of nitrogens with one attached hydrogen (secondary N) is 2. The minimum Gasteiger partial charge on any atom is -0.444 e. The van der Waals surface area contributed by atoms with Gasteiger partial charge in [0.1, 0.15) is 22.9 Å². The molecule has 4 aromatic rings. The second kappa shape index (κ2) is 13.4. The van der Waals surface area contributed by atoms with E-state index >= 15 is 0 Å². The number of aromatic nitrogens is 4. The maximum atomic E-state index is 12.8. The van der Waals surface area contributed by atoms with Gasteiger partial charge in [-0.05, 0) is 83.1 Å². The third-order valence-electron chi connectivity index (χ3n) is 7.63. The van der Waals surface area contributed by atoms with Crippen LogP contribution in [0.15, 0.2) is 60.9 Å². The van der Waals surface area contributed by atoms with Gasteiger partial charge in [0.15, 0.2) is 0 Å². The molecular formula is C36H46N6O4. The van der Waals surface area contributed by atoms with Crippen LogP contribution < -0.4 is 0 Å². The number of imidazole rings is 2. The van der Waals surface area contributed by atoms with Gasteiger partial charge < -0.3 is 24.3 Å². The Morgan fingerprint density at radius 2 is 1.37 bits per heavy atom. The van der Waals surface area contributed by atoms with Gasteiger partial charge in [-0.1, -0.05) is 55.5 Å². The first-order valence-corrected chi connectivity index (χ1v) is 16.1. The lowest BCUT2D eigenvalue weighted by atomic mass is 10.0. The van der Waals surface area contributed by atoms with E-state index in [1.807, 2.05) is 54.7 Å². The fourth-order valence-corrected chi connectivity index (χ4v) is 5.53. The van der Waals surface area contributed by atoms with E-state index in [0.29, 0.717) is 25.5 Å². The molecule has 1 aliphatic heterocycles. The molecule has 10 nitrogen and oxygen atoms in total. The van der Waals surface area contributed by atoms with Crippen molar-refractivity contribution < 1.29 is 19.1 Å². The third kappa shape index (κ3) is 8.16. The number of hydrogen-bond acceptors (Lipinski definition) is 6. The SMILES string of the molecule is CCCN(Cc1ncc(-c2ccc(-c3ccc(-c4cnc([C@@H]5CCCN5C(=O)OC(C)(C)C)[nH]4)cc3)cc2)[nH]1)C(=O)OC(C)(C)C. The minimum absolute atomic E-state index is 0.118. The highest BCUT2D eigenvalue weighted by Gasteiger charge is 2.35. The van der Waals surface area contributed by atoms with Crippen LogP contribution in [-0.2, 0) is 16.0 Å². The zero-order valence-corrected chi connectivity index (χ0v) is 28.0. The van der Waals surface area contributed by atoms with E-state index in [4.69, 9.17) is 9.47 Å². The Balaban J connectivity index is 1.23. The second-order valence-electron chi connectivity index (χ2n) is 13.8. The van der Waals surface area contributed by atoms with Crippen molar-refractivity contribution in [3.05, 3.63) is 72.6 Å². The van der Waals surface area contributed by atoms with Gasteiger partial charge in [-0.2, -0.15) is 0 Å². The summed E-state index contributed by atoms with van der Waals surface area (Å²) in [5.74, 6) is 1.49. The molecule has 5 rings (SSSR count). The standard InChI is InChI=1S/C36H46N6O4/c1-8-19-41(33(43)45-35(2,3)4)23-31-37-21-28(39-31)26-15-11-24(12-16-26)25-13-17-27(18-14-25)29-22-38-32(40-29)30-10-9-20-42(30)34(44)46-36(5,6)7/h11-18,21-22,30H,8-10,19-20,23H2,1-7H3,(H,37,39)(H,38,40)/t30-/m0/s1. The molecule has 0 spiro atoms. The van der Waals surface area contributed by atoms with Gasteiger partial charge in [0, 0.05) is 13.1 Å². The van der Waals surface area contributed by atoms with Gasteiger partial charge in [0.25, 0.3) is 0 Å². The van der Waals surface area contributed by atoms with Crippen LogP contribution in [0.3, 0.4) is 0 Å². The minimum atomic E-state index is -0.551. The van der Waals surface area contributed by atoms with Crippen molar-refractivity contribution in [1.29, 1.82) is 0 Å². The van der Waals surface area contributed by atoms with Crippen LogP contribution in [0, 0.1) is 0 Å². The maximum Gasteiger partial charge on any atom is 0.410 e. The van der Waals surface area contributed by atoms with Crippen molar-refractivity contribution in [3.63, 3.8) is 0 Å². The summed E-state index contributed by atoms with van der Waals surface area (Å²) < 4.78 is 11.2. The lowest BCUT2D eigenvalue weighted by Crippen LogP contribution is -2.37. The Morgan fingerprint density at radius 1 is 0.826 bits per heavy atom. The molecule has 0 saturated carbocycles. The number of rotatable bonds is 8. The number of aromatic amines is 2. The van der Waals surface area contributed by atoms with Gasteiger partial charge in [-0.15, -0.1) is 0 Å². The number of H-pyrrole nitrogens is 2. The summed E-state index contributed by atoms with van der Waals surface area (Å²) in [5, 5.41) is 0. The number of carbonyl (C=O) groups excluding carboxylic acids is 2. The average Bonchev–Trinajstić information content (AvgIpc) is 3.77. The average molecular weight is 627 g/mol. The molecule has 0 aliphatic carbocycles. The maximum absolute atomic E-state index is 12.8. The third-order valence-corrected chi connectivity index (χ3v) is 7.63. The van der Waals surface area contributed by atoms with Crippen LogP contribution in [0.2, 0.25) is 0 Å². The second-order valence-corrected chi connectivity index (χ2v) is 13.8. The van der Waals surface area contributed by atoms with Crippen LogP contribution in [0.5, 0.6) is 0 Å². The molecule has 2 aromatic carbocycles. The molecule has 2 aromatic heterocycles. The van der Waals surface area contributed by atoms with Crippen LogP contribution >= 0.6 is 0 Å². The molecular weight excluding hydrogens is 580 g/mol. The van der Waals surface area contributed by atoms with Crippen LogP contribution in [-0.4, -0.2) is 66.2 Å². The lowest BCUT2D eigenvalue weighted by Gasteiger charge is -2.27. The summed E-state index contributed by atoms with van der Waals surface area (Å²) in [7, 11) is 0. The highest BCUT2D eigenvalue weighted by molar-refractivity contribution is 5.72. The van der Waals surface area contributed by atoms with Crippen LogP contribution in [0.25, 0.3) is 33.6 Å². The topological polar surface area (TPSA) is 116 Å². The van der Waals surface area contributed by atoms with Crippen molar-refractivity contribution in [2.24, 2.45) is 0 Å². The molecule has 0 radical (unpaired) electrons. The van der Waals surface area contributed by atoms with Gasteiger partial charge in [-0.25, -0.2) is 19.6 Å². The highest BCUT2D eigenvalue weighted by Crippen LogP contribution is 2.33. The van der Waals surface area contributed by atoms with E-state index < -0.39 is 11.2 Å². The van der Waals surface area contributed by atoms with E-state index in [1.54, 1.807) is 16.0 Å². The molecule has 0 bridgehead atoms. The smallest absolute Gasteiger partial charge is 0.410 e. The molecule has 1 saturated heterocycles. The Bertz CT molecular complexity index is 1630. The Labute approximate surface area is 271 Å². The summed E-state index contributed by atoms with van der Waals surface area (Å²) >= 11 is 0. The first kappa shape index (κ1) is 32.8. The Morgan fingerprint density at radius 3 is 1.93 bits per heavy atom. The molecule has 0 unspecified atom stereocenters. The van der Waals surface area contributed by atoms with Crippen molar-refractivity contribution in [3.8, 4) is 33.6 Å². The summed E-state index contributed by atoms with van der Waals surface area (Å²) in [5.41, 5.74) is 4.93. The van der Waals surface area contributed by atoms with Crippen molar-refractivity contribution in [2.45, 2.75) is 91.5 Å². The monoisotopic (exact) mass is 626 g/mol. The number of carbonyl (C=O) groups is 2. The van der Waals surface area contributed by atoms with Crippen LogP contribution in [0.1, 0.15) is 85.4 Å². The summed E-state index contributed by atoms with van der Waals surface area (Å²) in [4.78, 5) is 44.8. The largest absolute Gasteiger partial charge is 0.444 e. The molecule has 10 heteroatoms. The van der Waals surface area contributed by atoms with Gasteiger partial charge in [0.05, 0.1) is 36.4 Å². The van der Waals surface area contributed by atoms with E-state index in [1.165, 1.54) is 0 Å². The van der Waals surface area contributed by atoms with E-state index in [2.05, 4.69) is 68.5 Å². The first-order valence-electron chi connectivity index (χ1n) is 16.1. The normalized spacial score (nSPS) is 15.2. The van der Waals surface area contributed by atoms with Gasteiger partial charge in [0.2, 0.25) is 0 Å².